The third-order valence-electron chi connectivity index (χ3n) is 3.28. The first-order valence-corrected chi connectivity index (χ1v) is 6.77. The van der Waals surface area contributed by atoms with Crippen LogP contribution in [0, 0.1) is 6.92 Å². The number of hydrogen-bond donors (Lipinski definition) is 0. The summed E-state index contributed by atoms with van der Waals surface area (Å²) in [7, 11) is 1.58. The van der Waals surface area contributed by atoms with Gasteiger partial charge in [0.05, 0.1) is 26.0 Å². The lowest BCUT2D eigenvalue weighted by molar-refractivity contribution is 0.181. The van der Waals surface area contributed by atoms with E-state index in [1.165, 1.54) is 0 Å². The Morgan fingerprint density at radius 3 is 2.86 bits per heavy atom. The SMILES string of the molecule is COc1cnc(OC2CCN(Cc3noc(C)n3)C2)nc1. The summed E-state index contributed by atoms with van der Waals surface area (Å²) in [6, 6.07) is 0.373. The van der Waals surface area contributed by atoms with Gasteiger partial charge in [0.25, 0.3) is 0 Å². The van der Waals surface area contributed by atoms with Crippen molar-refractivity contribution in [2.24, 2.45) is 0 Å². The highest BCUT2D eigenvalue weighted by Gasteiger charge is 2.25. The molecule has 2 aromatic rings. The van der Waals surface area contributed by atoms with E-state index < -0.39 is 0 Å². The van der Waals surface area contributed by atoms with Gasteiger partial charge in [-0.3, -0.25) is 4.90 Å². The van der Waals surface area contributed by atoms with Gasteiger partial charge in [0, 0.05) is 20.0 Å². The Balaban J connectivity index is 1.52. The molecule has 8 heteroatoms. The van der Waals surface area contributed by atoms with Crippen molar-refractivity contribution in [1.82, 2.24) is 25.0 Å². The third kappa shape index (κ3) is 3.46. The highest BCUT2D eigenvalue weighted by atomic mass is 16.5. The molecule has 0 saturated carbocycles. The standard InChI is InChI=1S/C13H17N5O3/c1-9-16-12(17-21-9)8-18-4-3-10(7-18)20-13-14-5-11(19-2)6-15-13/h5-6,10H,3-4,7-8H2,1-2H3. The number of aromatic nitrogens is 4. The van der Waals surface area contributed by atoms with Crippen LogP contribution in [0.25, 0.3) is 0 Å². The molecular formula is C13H17N5O3. The van der Waals surface area contributed by atoms with Crippen LogP contribution in [0.3, 0.4) is 0 Å². The Kier molecular flexibility index (Phi) is 3.96. The summed E-state index contributed by atoms with van der Waals surface area (Å²) in [6.07, 6.45) is 4.19. The Morgan fingerprint density at radius 1 is 1.38 bits per heavy atom. The molecule has 21 heavy (non-hydrogen) atoms. The zero-order valence-electron chi connectivity index (χ0n) is 12.0. The third-order valence-corrected chi connectivity index (χ3v) is 3.28. The molecule has 1 aliphatic heterocycles. The molecule has 0 radical (unpaired) electrons. The first kappa shape index (κ1) is 13.7. The fraction of sp³-hybridized carbons (Fsp3) is 0.538. The maximum absolute atomic E-state index is 5.76. The zero-order chi connectivity index (χ0) is 14.7. The minimum absolute atomic E-state index is 0.0754. The van der Waals surface area contributed by atoms with Gasteiger partial charge >= 0.3 is 6.01 Å². The molecule has 0 spiro atoms. The lowest BCUT2D eigenvalue weighted by atomic mass is 10.3. The van der Waals surface area contributed by atoms with Crippen molar-refractivity contribution >= 4 is 0 Å². The summed E-state index contributed by atoms with van der Waals surface area (Å²) < 4.78 is 15.7. The molecule has 8 nitrogen and oxygen atoms in total. The van der Waals surface area contributed by atoms with Gasteiger partial charge in [-0.1, -0.05) is 5.16 Å². The van der Waals surface area contributed by atoms with E-state index in [1.807, 2.05) is 0 Å². The Bertz CT molecular complexity index is 586. The van der Waals surface area contributed by atoms with Gasteiger partial charge in [-0.15, -0.1) is 0 Å². The van der Waals surface area contributed by atoms with Gasteiger partial charge in [-0.2, -0.15) is 15.0 Å². The Hall–Kier alpha value is -2.22. The predicted octanol–water partition coefficient (Wildman–Crippen LogP) is 0.830. The minimum Gasteiger partial charge on any atom is -0.494 e. The highest BCUT2D eigenvalue weighted by molar-refractivity contribution is 5.13. The molecular weight excluding hydrogens is 274 g/mol. The van der Waals surface area contributed by atoms with E-state index in [-0.39, 0.29) is 6.10 Å². The molecule has 3 rings (SSSR count). The van der Waals surface area contributed by atoms with Gasteiger partial charge < -0.3 is 14.0 Å². The molecule has 0 amide bonds. The zero-order valence-corrected chi connectivity index (χ0v) is 12.0. The molecule has 1 atom stereocenters. The minimum atomic E-state index is 0.0754. The van der Waals surface area contributed by atoms with E-state index in [1.54, 1.807) is 26.4 Å². The molecule has 112 valence electrons. The van der Waals surface area contributed by atoms with Gasteiger partial charge in [-0.25, -0.2) is 0 Å². The van der Waals surface area contributed by atoms with Crippen molar-refractivity contribution in [2.45, 2.75) is 26.0 Å². The fourth-order valence-electron chi connectivity index (χ4n) is 2.26. The maximum atomic E-state index is 5.76. The molecule has 3 heterocycles. The van der Waals surface area contributed by atoms with Crippen LogP contribution in [0.15, 0.2) is 16.9 Å². The second-order valence-electron chi connectivity index (χ2n) is 4.90. The van der Waals surface area contributed by atoms with Crippen LogP contribution in [0.2, 0.25) is 0 Å². The topological polar surface area (TPSA) is 86.4 Å². The summed E-state index contributed by atoms with van der Waals surface area (Å²) in [5.41, 5.74) is 0. The van der Waals surface area contributed by atoms with E-state index in [4.69, 9.17) is 14.0 Å². The molecule has 1 unspecified atom stereocenters. The lowest BCUT2D eigenvalue weighted by Crippen LogP contribution is -2.25. The normalized spacial score (nSPS) is 18.9. The van der Waals surface area contributed by atoms with Crippen molar-refractivity contribution in [1.29, 1.82) is 0 Å². The quantitative estimate of drug-likeness (QED) is 0.800. The molecule has 0 bridgehead atoms. The van der Waals surface area contributed by atoms with Crippen molar-refractivity contribution < 1.29 is 14.0 Å². The smallest absolute Gasteiger partial charge is 0.316 e. The van der Waals surface area contributed by atoms with E-state index >= 15 is 0 Å². The second-order valence-corrected chi connectivity index (χ2v) is 4.90. The van der Waals surface area contributed by atoms with E-state index in [0.29, 0.717) is 30.0 Å². The number of rotatable bonds is 5. The Morgan fingerprint density at radius 2 is 2.19 bits per heavy atom. The first-order chi connectivity index (χ1) is 10.2. The van der Waals surface area contributed by atoms with E-state index in [2.05, 4.69) is 25.0 Å². The first-order valence-electron chi connectivity index (χ1n) is 6.77. The van der Waals surface area contributed by atoms with Crippen molar-refractivity contribution in [3.05, 3.63) is 24.1 Å². The monoisotopic (exact) mass is 291 g/mol. The van der Waals surface area contributed by atoms with E-state index in [9.17, 15) is 0 Å². The summed E-state index contributed by atoms with van der Waals surface area (Å²) in [5.74, 6) is 1.90. The molecule has 2 aromatic heterocycles. The molecule has 0 N–H and O–H groups in total. The predicted molar refractivity (Wildman–Crippen MR) is 71.9 cm³/mol. The van der Waals surface area contributed by atoms with Crippen LogP contribution < -0.4 is 9.47 Å². The molecule has 1 saturated heterocycles. The lowest BCUT2D eigenvalue weighted by Gasteiger charge is -2.14. The Labute approximate surface area is 122 Å². The van der Waals surface area contributed by atoms with Crippen LogP contribution in [0.5, 0.6) is 11.8 Å². The number of likely N-dealkylation sites (tertiary alicyclic amines) is 1. The molecule has 0 aliphatic carbocycles. The van der Waals surface area contributed by atoms with Crippen molar-refractivity contribution in [3.8, 4) is 11.8 Å². The number of nitrogens with zero attached hydrogens (tertiary/aromatic N) is 5. The molecule has 1 fully saturated rings. The number of ether oxygens (including phenoxy) is 2. The summed E-state index contributed by atoms with van der Waals surface area (Å²) in [5, 5.41) is 3.90. The van der Waals surface area contributed by atoms with Crippen LogP contribution in [0.4, 0.5) is 0 Å². The van der Waals surface area contributed by atoms with Gasteiger partial charge in [0.15, 0.2) is 11.6 Å². The fourth-order valence-corrected chi connectivity index (χ4v) is 2.26. The number of hydrogen-bond acceptors (Lipinski definition) is 8. The molecule has 0 aromatic carbocycles. The van der Waals surface area contributed by atoms with Gasteiger partial charge in [-0.05, 0) is 6.42 Å². The maximum Gasteiger partial charge on any atom is 0.316 e. The number of methoxy groups -OCH3 is 1. The highest BCUT2D eigenvalue weighted by Crippen LogP contribution is 2.17. The van der Waals surface area contributed by atoms with Crippen LogP contribution in [-0.2, 0) is 6.54 Å². The van der Waals surface area contributed by atoms with Crippen molar-refractivity contribution in [3.63, 3.8) is 0 Å². The van der Waals surface area contributed by atoms with Crippen LogP contribution >= 0.6 is 0 Å². The average Bonchev–Trinajstić information content (AvgIpc) is 3.09. The average molecular weight is 291 g/mol. The van der Waals surface area contributed by atoms with Crippen molar-refractivity contribution in [2.75, 3.05) is 20.2 Å². The van der Waals surface area contributed by atoms with Gasteiger partial charge in [0.2, 0.25) is 5.89 Å². The van der Waals surface area contributed by atoms with Gasteiger partial charge in [0.1, 0.15) is 6.10 Å². The van der Waals surface area contributed by atoms with E-state index in [0.717, 1.165) is 19.5 Å². The summed E-state index contributed by atoms with van der Waals surface area (Å²) >= 11 is 0. The number of aryl methyl sites for hydroxylation is 1. The van der Waals surface area contributed by atoms with Crippen LogP contribution in [0.1, 0.15) is 18.1 Å². The molecule has 1 aliphatic rings. The summed E-state index contributed by atoms with van der Waals surface area (Å²) in [6.45, 7) is 4.17. The summed E-state index contributed by atoms with van der Waals surface area (Å²) in [4.78, 5) is 14.6. The van der Waals surface area contributed by atoms with Crippen LogP contribution in [-0.4, -0.2) is 51.3 Å². The second kappa shape index (κ2) is 6.04. The largest absolute Gasteiger partial charge is 0.494 e.